The summed E-state index contributed by atoms with van der Waals surface area (Å²) < 4.78 is 6.40. The van der Waals surface area contributed by atoms with Crippen LogP contribution in [0.25, 0.3) is 0 Å². The van der Waals surface area contributed by atoms with E-state index in [4.69, 9.17) is 4.74 Å². The van der Waals surface area contributed by atoms with Crippen LogP contribution in [0, 0.1) is 23.7 Å². The first-order valence-corrected chi connectivity index (χ1v) is 8.07. The van der Waals surface area contributed by atoms with Gasteiger partial charge in [-0.3, -0.25) is 4.79 Å². The van der Waals surface area contributed by atoms with Crippen LogP contribution in [0.1, 0.15) is 51.9 Å². The molecule has 1 N–H and O–H groups in total. The second kappa shape index (κ2) is 4.21. The lowest BCUT2D eigenvalue weighted by Gasteiger charge is -2.62. The summed E-state index contributed by atoms with van der Waals surface area (Å²) >= 11 is 0. The summed E-state index contributed by atoms with van der Waals surface area (Å²) in [5, 5.41) is 3.15. The molecule has 4 bridgehead atoms. The van der Waals surface area contributed by atoms with Gasteiger partial charge in [-0.15, -0.1) is 0 Å². The maximum absolute atomic E-state index is 11.3. The van der Waals surface area contributed by atoms with Crippen LogP contribution in [0.4, 0.5) is 0 Å². The molecule has 1 spiro atoms. The Morgan fingerprint density at radius 3 is 2.32 bits per heavy atom. The van der Waals surface area contributed by atoms with E-state index in [2.05, 4.69) is 5.32 Å². The summed E-state index contributed by atoms with van der Waals surface area (Å²) in [6.45, 7) is 2.48. The molecule has 0 aromatic rings. The molecule has 1 amide bonds. The van der Waals surface area contributed by atoms with Crippen molar-refractivity contribution in [1.82, 2.24) is 5.32 Å². The number of ether oxygens (including phenoxy) is 1. The molecule has 5 fully saturated rings. The molecule has 0 radical (unpaired) electrons. The zero-order chi connectivity index (χ0) is 13.0. The van der Waals surface area contributed by atoms with Crippen molar-refractivity contribution >= 4 is 5.91 Å². The highest BCUT2D eigenvalue weighted by Crippen LogP contribution is 2.61. The zero-order valence-electron chi connectivity index (χ0n) is 11.9. The molecule has 3 nitrogen and oxygen atoms in total. The third kappa shape index (κ3) is 1.84. The lowest BCUT2D eigenvalue weighted by atomic mass is 9.48. The van der Waals surface area contributed by atoms with E-state index in [1.807, 2.05) is 0 Å². The maximum atomic E-state index is 11.3. The van der Waals surface area contributed by atoms with Gasteiger partial charge >= 0.3 is 0 Å². The molecule has 4 aliphatic carbocycles. The Balaban J connectivity index is 1.57. The van der Waals surface area contributed by atoms with Crippen molar-refractivity contribution in [3.05, 3.63) is 0 Å². The van der Waals surface area contributed by atoms with Crippen molar-refractivity contribution in [3.63, 3.8) is 0 Å². The Hall–Kier alpha value is -0.570. The molecule has 0 aromatic heterocycles. The largest absolute Gasteiger partial charge is 0.374 e. The average molecular weight is 263 g/mol. The quantitative estimate of drug-likeness (QED) is 0.789. The highest BCUT2D eigenvalue weighted by molar-refractivity contribution is 5.73. The molecular formula is C16H25NO2. The van der Waals surface area contributed by atoms with Crippen LogP contribution in [0.5, 0.6) is 0 Å². The minimum Gasteiger partial charge on any atom is -0.374 e. The van der Waals surface area contributed by atoms with E-state index in [-0.39, 0.29) is 11.5 Å². The lowest BCUT2D eigenvalue weighted by molar-refractivity contribution is -0.225. The predicted octanol–water partition coefficient (Wildman–Crippen LogP) is 2.50. The Bertz CT molecular complexity index is 364. The van der Waals surface area contributed by atoms with E-state index in [9.17, 15) is 4.79 Å². The van der Waals surface area contributed by atoms with Crippen molar-refractivity contribution in [2.75, 3.05) is 6.61 Å². The van der Waals surface area contributed by atoms with Gasteiger partial charge in [-0.25, -0.2) is 0 Å². The average Bonchev–Trinajstić information content (AvgIpc) is 2.35. The summed E-state index contributed by atoms with van der Waals surface area (Å²) in [4.78, 5) is 11.3. The van der Waals surface area contributed by atoms with Gasteiger partial charge in [0.05, 0.1) is 5.60 Å². The SMILES string of the molecule is CC(=O)N[C@@H]1CCOC2(C1)C1CC3CC(C1)CC2C3. The summed E-state index contributed by atoms with van der Waals surface area (Å²) in [7, 11) is 0. The van der Waals surface area contributed by atoms with Crippen molar-refractivity contribution in [2.45, 2.75) is 63.5 Å². The molecule has 3 heteroatoms. The fourth-order valence-corrected chi connectivity index (χ4v) is 5.90. The summed E-state index contributed by atoms with van der Waals surface area (Å²) in [5.74, 6) is 3.64. The second-order valence-electron chi connectivity index (χ2n) is 7.50. The number of rotatable bonds is 1. The first-order chi connectivity index (χ1) is 9.15. The number of hydrogen-bond donors (Lipinski definition) is 1. The molecule has 4 saturated carbocycles. The Labute approximate surface area is 115 Å². The molecule has 1 heterocycles. The molecule has 5 aliphatic rings. The molecule has 1 aliphatic heterocycles. The number of nitrogens with one attached hydrogen (secondary N) is 1. The summed E-state index contributed by atoms with van der Waals surface area (Å²) in [5.41, 5.74) is 0.124. The van der Waals surface area contributed by atoms with E-state index >= 15 is 0 Å². The standard InChI is InChI=1S/C16H25NO2/c1-10(18)17-15-2-3-19-16(9-15)13-5-11-4-12(7-13)8-14(16)6-11/h11-15H,2-9H2,1H3,(H,17,18)/t11?,12?,13?,14?,15-,16?/m1/s1. The Morgan fingerprint density at radius 2 is 1.74 bits per heavy atom. The molecule has 106 valence electrons. The van der Waals surface area contributed by atoms with Gasteiger partial charge in [-0.1, -0.05) is 0 Å². The third-order valence-corrected chi connectivity index (χ3v) is 6.33. The van der Waals surface area contributed by atoms with Crippen LogP contribution in [-0.4, -0.2) is 24.2 Å². The predicted molar refractivity (Wildman–Crippen MR) is 72.6 cm³/mol. The van der Waals surface area contributed by atoms with Crippen molar-refractivity contribution < 1.29 is 9.53 Å². The smallest absolute Gasteiger partial charge is 0.217 e. The van der Waals surface area contributed by atoms with Gasteiger partial charge in [0.25, 0.3) is 0 Å². The van der Waals surface area contributed by atoms with E-state index < -0.39 is 0 Å². The van der Waals surface area contributed by atoms with Crippen molar-refractivity contribution in [3.8, 4) is 0 Å². The Morgan fingerprint density at radius 1 is 1.11 bits per heavy atom. The van der Waals surface area contributed by atoms with E-state index in [1.54, 1.807) is 6.92 Å². The van der Waals surface area contributed by atoms with Crippen LogP contribution in [0.2, 0.25) is 0 Å². The van der Waals surface area contributed by atoms with E-state index in [1.165, 1.54) is 32.1 Å². The fraction of sp³-hybridized carbons (Fsp3) is 0.938. The molecule has 0 aromatic carbocycles. The first kappa shape index (κ1) is 12.2. The molecule has 5 rings (SSSR count). The highest BCUT2D eigenvalue weighted by Gasteiger charge is 2.59. The van der Waals surface area contributed by atoms with Gasteiger partial charge in [0.15, 0.2) is 0 Å². The van der Waals surface area contributed by atoms with Gasteiger partial charge in [0.2, 0.25) is 5.91 Å². The van der Waals surface area contributed by atoms with Crippen LogP contribution in [0.15, 0.2) is 0 Å². The summed E-state index contributed by atoms with van der Waals surface area (Å²) in [6.07, 6.45) is 9.10. The van der Waals surface area contributed by atoms with E-state index in [0.717, 1.165) is 43.1 Å². The van der Waals surface area contributed by atoms with Gasteiger partial charge in [-0.05, 0) is 68.6 Å². The van der Waals surface area contributed by atoms with E-state index in [0.29, 0.717) is 6.04 Å². The van der Waals surface area contributed by atoms with Gasteiger partial charge < -0.3 is 10.1 Å². The monoisotopic (exact) mass is 263 g/mol. The molecule has 0 unspecified atom stereocenters. The highest BCUT2D eigenvalue weighted by atomic mass is 16.5. The lowest BCUT2D eigenvalue weighted by Crippen LogP contribution is -2.63. The molecular weight excluding hydrogens is 238 g/mol. The second-order valence-corrected chi connectivity index (χ2v) is 7.50. The van der Waals surface area contributed by atoms with Crippen LogP contribution < -0.4 is 5.32 Å². The molecule has 19 heavy (non-hydrogen) atoms. The van der Waals surface area contributed by atoms with Crippen molar-refractivity contribution in [2.24, 2.45) is 23.7 Å². The number of hydrogen-bond acceptors (Lipinski definition) is 2. The zero-order valence-corrected chi connectivity index (χ0v) is 11.9. The van der Waals surface area contributed by atoms with Crippen molar-refractivity contribution in [1.29, 1.82) is 0 Å². The summed E-state index contributed by atoms with van der Waals surface area (Å²) in [6, 6.07) is 0.351. The molecule has 1 saturated heterocycles. The van der Waals surface area contributed by atoms with Gasteiger partial charge in [0.1, 0.15) is 0 Å². The normalized spacial score (nSPS) is 51.5. The number of amides is 1. The third-order valence-electron chi connectivity index (χ3n) is 6.33. The Kier molecular flexibility index (Phi) is 2.70. The number of carbonyl (C=O) groups excluding carboxylic acids is 1. The topological polar surface area (TPSA) is 38.3 Å². The minimum atomic E-state index is 0.117. The minimum absolute atomic E-state index is 0.117. The van der Waals surface area contributed by atoms with Gasteiger partial charge in [-0.2, -0.15) is 0 Å². The van der Waals surface area contributed by atoms with Crippen LogP contribution in [0.3, 0.4) is 0 Å². The van der Waals surface area contributed by atoms with Crippen LogP contribution >= 0.6 is 0 Å². The van der Waals surface area contributed by atoms with Crippen LogP contribution in [-0.2, 0) is 9.53 Å². The maximum Gasteiger partial charge on any atom is 0.217 e. The molecule has 1 atom stereocenters. The number of carbonyl (C=O) groups is 1. The van der Waals surface area contributed by atoms with Gasteiger partial charge in [0, 0.05) is 19.6 Å². The first-order valence-electron chi connectivity index (χ1n) is 8.07. The fourth-order valence-electron chi connectivity index (χ4n) is 5.90.